The van der Waals surface area contributed by atoms with Crippen LogP contribution in [0.25, 0.3) is 0 Å². The second-order valence-corrected chi connectivity index (χ2v) is 4.49. The van der Waals surface area contributed by atoms with Crippen molar-refractivity contribution in [3.63, 3.8) is 0 Å². The van der Waals surface area contributed by atoms with Gasteiger partial charge in [-0.1, -0.05) is 37.6 Å². The lowest BCUT2D eigenvalue weighted by Crippen LogP contribution is -2.28. The van der Waals surface area contributed by atoms with Gasteiger partial charge in [0, 0.05) is 11.6 Å². The van der Waals surface area contributed by atoms with Crippen LogP contribution in [-0.4, -0.2) is 37.1 Å². The van der Waals surface area contributed by atoms with Crippen LogP contribution in [0, 0.1) is 0 Å². The molecule has 0 saturated carbocycles. The molecule has 108 valence electrons. The van der Waals surface area contributed by atoms with Crippen molar-refractivity contribution in [2.24, 2.45) is 0 Å². The molecular weight excluding hydrogens is 285 g/mol. The Kier molecular flexibility index (Phi) is 9.66. The summed E-state index contributed by atoms with van der Waals surface area (Å²) in [5.41, 5.74) is 0.923. The zero-order valence-electron chi connectivity index (χ0n) is 11.4. The highest BCUT2D eigenvalue weighted by molar-refractivity contribution is 6.30. The van der Waals surface area contributed by atoms with E-state index in [1.54, 1.807) is 12.1 Å². The Bertz CT molecular complexity index is 364. The molecule has 3 nitrogen and oxygen atoms in total. The largest absolute Gasteiger partial charge is 0.464 e. The molecule has 0 aliphatic heterocycles. The van der Waals surface area contributed by atoms with E-state index in [1.165, 1.54) is 0 Å². The van der Waals surface area contributed by atoms with Crippen LogP contribution >= 0.6 is 24.0 Å². The number of hydrogen-bond acceptors (Lipinski definition) is 3. The second-order valence-electron chi connectivity index (χ2n) is 4.05. The monoisotopic (exact) mass is 305 g/mol. The van der Waals surface area contributed by atoms with Gasteiger partial charge in [0.2, 0.25) is 0 Å². The number of likely N-dealkylation sites (N-methyl/N-ethyl adjacent to an activating group) is 1. The van der Waals surface area contributed by atoms with Crippen molar-refractivity contribution < 1.29 is 9.53 Å². The minimum Gasteiger partial charge on any atom is -0.464 e. The molecule has 1 aromatic carbocycles. The molecule has 0 aliphatic rings. The fraction of sp³-hybridized carbons (Fsp3) is 0.500. The number of hydrogen-bond donors (Lipinski definition) is 0. The van der Waals surface area contributed by atoms with Crippen LogP contribution in [0.1, 0.15) is 19.4 Å². The summed E-state index contributed by atoms with van der Waals surface area (Å²) in [6, 6.07) is 7.24. The van der Waals surface area contributed by atoms with Crippen molar-refractivity contribution in [3.8, 4) is 0 Å². The van der Waals surface area contributed by atoms with Crippen molar-refractivity contribution in [2.45, 2.75) is 20.3 Å². The molecule has 0 fully saturated rings. The van der Waals surface area contributed by atoms with Crippen molar-refractivity contribution in [3.05, 3.63) is 34.9 Å². The van der Waals surface area contributed by atoms with Crippen LogP contribution in [0.3, 0.4) is 0 Å². The summed E-state index contributed by atoms with van der Waals surface area (Å²) in [6.07, 6.45) is 0.301. The molecule has 0 bridgehead atoms. The molecule has 0 radical (unpaired) electrons. The second kappa shape index (κ2) is 10.1. The lowest BCUT2D eigenvalue weighted by atomic mass is 10.1. The van der Waals surface area contributed by atoms with Crippen LogP contribution < -0.4 is 0 Å². The zero-order valence-corrected chi connectivity index (χ0v) is 13.0. The van der Waals surface area contributed by atoms with Crippen LogP contribution in [0.4, 0.5) is 0 Å². The first-order valence-corrected chi connectivity index (χ1v) is 6.66. The smallest absolute Gasteiger partial charge is 0.310 e. The molecule has 0 aromatic heterocycles. The van der Waals surface area contributed by atoms with E-state index in [4.69, 9.17) is 16.3 Å². The average molecular weight is 306 g/mol. The Morgan fingerprint density at radius 3 is 2.32 bits per heavy atom. The third kappa shape index (κ3) is 7.41. The summed E-state index contributed by atoms with van der Waals surface area (Å²) < 4.78 is 5.20. The molecule has 0 aliphatic carbocycles. The Hall–Kier alpha value is -0.770. The average Bonchev–Trinajstić information content (AvgIpc) is 2.37. The van der Waals surface area contributed by atoms with Crippen molar-refractivity contribution in [1.82, 2.24) is 4.90 Å². The van der Waals surface area contributed by atoms with Gasteiger partial charge in [-0.15, -0.1) is 12.4 Å². The van der Waals surface area contributed by atoms with E-state index < -0.39 is 0 Å². The van der Waals surface area contributed by atoms with Gasteiger partial charge >= 0.3 is 5.97 Å². The third-order valence-corrected chi connectivity index (χ3v) is 3.08. The first-order valence-electron chi connectivity index (χ1n) is 6.28. The van der Waals surface area contributed by atoms with Crippen LogP contribution in [0.2, 0.25) is 5.02 Å². The lowest BCUT2D eigenvalue weighted by Gasteiger charge is -2.17. The summed E-state index contributed by atoms with van der Waals surface area (Å²) in [7, 11) is 0. The predicted octanol–water partition coefficient (Wildman–Crippen LogP) is 3.19. The summed E-state index contributed by atoms with van der Waals surface area (Å²) >= 11 is 5.78. The number of benzene rings is 1. The topological polar surface area (TPSA) is 29.5 Å². The van der Waals surface area contributed by atoms with E-state index in [-0.39, 0.29) is 18.4 Å². The van der Waals surface area contributed by atoms with Crippen LogP contribution in [-0.2, 0) is 16.0 Å². The molecule has 0 heterocycles. The fourth-order valence-electron chi connectivity index (χ4n) is 1.65. The molecule has 0 spiro atoms. The van der Waals surface area contributed by atoms with Gasteiger partial charge in [0.1, 0.15) is 6.61 Å². The van der Waals surface area contributed by atoms with E-state index in [0.717, 1.165) is 25.2 Å². The maximum atomic E-state index is 11.6. The van der Waals surface area contributed by atoms with Gasteiger partial charge in [-0.3, -0.25) is 4.79 Å². The number of halogens is 2. The molecule has 0 amide bonds. The van der Waals surface area contributed by atoms with Gasteiger partial charge in [0.05, 0.1) is 6.42 Å². The highest BCUT2D eigenvalue weighted by Crippen LogP contribution is 2.10. The highest BCUT2D eigenvalue weighted by Gasteiger charge is 2.06. The number of carbonyl (C=O) groups excluding carboxylic acids is 1. The SMILES string of the molecule is CCN(CC)CCOC(=O)Cc1ccc(Cl)cc1.Cl. The number of carbonyl (C=O) groups is 1. The van der Waals surface area contributed by atoms with Gasteiger partial charge in [-0.05, 0) is 30.8 Å². The van der Waals surface area contributed by atoms with Gasteiger partial charge < -0.3 is 9.64 Å². The maximum absolute atomic E-state index is 11.6. The normalized spacial score (nSPS) is 10.1. The number of nitrogens with zero attached hydrogens (tertiary/aromatic N) is 1. The van der Waals surface area contributed by atoms with E-state index in [1.807, 2.05) is 12.1 Å². The first-order chi connectivity index (χ1) is 8.65. The molecule has 19 heavy (non-hydrogen) atoms. The molecular formula is C14H21Cl2NO2. The molecule has 5 heteroatoms. The van der Waals surface area contributed by atoms with Gasteiger partial charge in [-0.2, -0.15) is 0 Å². The summed E-state index contributed by atoms with van der Waals surface area (Å²) in [5, 5.41) is 0.675. The Labute approximate surface area is 126 Å². The Morgan fingerprint density at radius 2 is 1.79 bits per heavy atom. The van der Waals surface area contributed by atoms with E-state index in [2.05, 4.69) is 18.7 Å². The number of ether oxygens (including phenoxy) is 1. The number of esters is 1. The van der Waals surface area contributed by atoms with Crippen molar-refractivity contribution in [2.75, 3.05) is 26.2 Å². The minimum absolute atomic E-state index is 0. The highest BCUT2D eigenvalue weighted by atomic mass is 35.5. The van der Waals surface area contributed by atoms with E-state index >= 15 is 0 Å². The van der Waals surface area contributed by atoms with Crippen LogP contribution in [0.15, 0.2) is 24.3 Å². The van der Waals surface area contributed by atoms with Gasteiger partial charge in [0.25, 0.3) is 0 Å². The summed E-state index contributed by atoms with van der Waals surface area (Å²) in [5.74, 6) is -0.190. The molecule has 0 atom stereocenters. The third-order valence-electron chi connectivity index (χ3n) is 2.83. The van der Waals surface area contributed by atoms with Crippen molar-refractivity contribution in [1.29, 1.82) is 0 Å². The quantitative estimate of drug-likeness (QED) is 0.725. The fourth-order valence-corrected chi connectivity index (χ4v) is 1.77. The van der Waals surface area contributed by atoms with E-state index in [0.29, 0.717) is 18.1 Å². The zero-order chi connectivity index (χ0) is 13.4. The predicted molar refractivity (Wildman–Crippen MR) is 81.2 cm³/mol. The first kappa shape index (κ1) is 18.2. The number of rotatable bonds is 7. The minimum atomic E-state index is -0.190. The molecule has 1 aromatic rings. The van der Waals surface area contributed by atoms with E-state index in [9.17, 15) is 4.79 Å². The van der Waals surface area contributed by atoms with Gasteiger partial charge in [-0.25, -0.2) is 0 Å². The molecule has 0 N–H and O–H groups in total. The summed E-state index contributed by atoms with van der Waals surface area (Å²) in [4.78, 5) is 13.8. The lowest BCUT2D eigenvalue weighted by molar-refractivity contribution is -0.143. The van der Waals surface area contributed by atoms with Crippen LogP contribution in [0.5, 0.6) is 0 Å². The van der Waals surface area contributed by atoms with Gasteiger partial charge in [0.15, 0.2) is 0 Å². The standard InChI is InChI=1S/C14H20ClNO2.ClH/c1-3-16(4-2)9-10-18-14(17)11-12-5-7-13(15)8-6-12;/h5-8H,3-4,9-11H2,1-2H3;1H. The van der Waals surface area contributed by atoms with Crippen molar-refractivity contribution >= 4 is 30.0 Å². The molecule has 0 unspecified atom stereocenters. The summed E-state index contributed by atoms with van der Waals surface area (Å²) in [6.45, 7) is 7.39. The molecule has 0 saturated heterocycles. The Morgan fingerprint density at radius 1 is 1.21 bits per heavy atom. The maximum Gasteiger partial charge on any atom is 0.310 e. The molecule has 1 rings (SSSR count). The Balaban J connectivity index is 0.00000324.